The van der Waals surface area contributed by atoms with Gasteiger partial charge in [0.05, 0.1) is 24.9 Å². The molecule has 2 aromatic rings. The van der Waals surface area contributed by atoms with E-state index in [1.54, 1.807) is 31.6 Å². The van der Waals surface area contributed by atoms with E-state index in [1.165, 1.54) is 5.56 Å². The van der Waals surface area contributed by atoms with Crippen LogP contribution in [0.4, 0.5) is 5.69 Å². The van der Waals surface area contributed by atoms with Crippen molar-refractivity contribution in [2.45, 2.75) is 13.0 Å². The van der Waals surface area contributed by atoms with Crippen LogP contribution in [0.15, 0.2) is 29.0 Å². The first-order valence-corrected chi connectivity index (χ1v) is 7.18. The number of nitrogens with one attached hydrogen (secondary N) is 1. The second kappa shape index (κ2) is 6.17. The summed E-state index contributed by atoms with van der Waals surface area (Å²) in [6.45, 7) is 2.09. The molecule has 1 heterocycles. The minimum atomic E-state index is 0.182. The summed E-state index contributed by atoms with van der Waals surface area (Å²) in [4.78, 5) is 0. The van der Waals surface area contributed by atoms with E-state index in [4.69, 9.17) is 21.1 Å². The monoisotopic (exact) mass is 297 g/mol. The maximum absolute atomic E-state index is 6.25. The van der Waals surface area contributed by atoms with Crippen molar-refractivity contribution in [1.82, 2.24) is 0 Å². The highest BCUT2D eigenvalue weighted by Gasteiger charge is 2.12. The number of benzene rings is 1. The van der Waals surface area contributed by atoms with Crippen molar-refractivity contribution in [3.05, 3.63) is 39.5 Å². The predicted octanol–water partition coefficient (Wildman–Crippen LogP) is 4.59. The summed E-state index contributed by atoms with van der Waals surface area (Å²) in [7, 11) is 3.20. The van der Waals surface area contributed by atoms with Crippen molar-refractivity contribution in [2.24, 2.45) is 0 Å². The number of halogens is 1. The van der Waals surface area contributed by atoms with Gasteiger partial charge in [0.1, 0.15) is 0 Å². The van der Waals surface area contributed by atoms with Crippen LogP contribution >= 0.6 is 22.9 Å². The van der Waals surface area contributed by atoms with Gasteiger partial charge in [0.25, 0.3) is 0 Å². The van der Waals surface area contributed by atoms with E-state index in [-0.39, 0.29) is 6.04 Å². The molecule has 0 amide bonds. The molecule has 3 nitrogen and oxygen atoms in total. The lowest BCUT2D eigenvalue weighted by Gasteiger charge is -2.17. The molecular weight excluding hydrogens is 282 g/mol. The zero-order valence-electron chi connectivity index (χ0n) is 11.1. The summed E-state index contributed by atoms with van der Waals surface area (Å²) in [6, 6.07) is 5.88. The molecule has 1 aromatic carbocycles. The molecule has 0 saturated heterocycles. The number of rotatable bonds is 5. The molecule has 0 aliphatic carbocycles. The third-order valence-electron chi connectivity index (χ3n) is 2.89. The van der Waals surface area contributed by atoms with Crippen LogP contribution in [0.2, 0.25) is 5.02 Å². The zero-order chi connectivity index (χ0) is 13.8. The molecular formula is C14H16ClNO2S. The lowest BCUT2D eigenvalue weighted by Crippen LogP contribution is -2.06. The molecule has 0 radical (unpaired) electrons. The molecule has 1 aromatic heterocycles. The first kappa shape index (κ1) is 14.0. The minimum absolute atomic E-state index is 0.182. The van der Waals surface area contributed by atoms with Gasteiger partial charge in [-0.15, -0.1) is 0 Å². The molecule has 1 N–H and O–H groups in total. The van der Waals surface area contributed by atoms with E-state index in [2.05, 4.69) is 29.1 Å². The Morgan fingerprint density at radius 1 is 1.21 bits per heavy atom. The van der Waals surface area contributed by atoms with Crippen LogP contribution in [-0.4, -0.2) is 14.2 Å². The summed E-state index contributed by atoms with van der Waals surface area (Å²) >= 11 is 7.93. The molecule has 2 rings (SSSR count). The largest absolute Gasteiger partial charge is 0.493 e. The van der Waals surface area contributed by atoms with Crippen molar-refractivity contribution in [2.75, 3.05) is 19.5 Å². The first-order chi connectivity index (χ1) is 9.15. The summed E-state index contributed by atoms with van der Waals surface area (Å²) in [5, 5.41) is 8.17. The molecule has 19 heavy (non-hydrogen) atoms. The van der Waals surface area contributed by atoms with E-state index >= 15 is 0 Å². The molecule has 0 aliphatic heterocycles. The summed E-state index contributed by atoms with van der Waals surface area (Å²) < 4.78 is 10.5. The minimum Gasteiger partial charge on any atom is -0.493 e. The predicted molar refractivity (Wildman–Crippen MR) is 80.9 cm³/mol. The van der Waals surface area contributed by atoms with E-state index in [1.807, 2.05) is 6.07 Å². The molecule has 1 unspecified atom stereocenters. The average Bonchev–Trinajstić information content (AvgIpc) is 2.94. The Morgan fingerprint density at radius 2 is 1.89 bits per heavy atom. The summed E-state index contributed by atoms with van der Waals surface area (Å²) in [5.74, 6) is 1.29. The zero-order valence-corrected chi connectivity index (χ0v) is 12.6. The molecule has 102 valence electrons. The number of methoxy groups -OCH3 is 2. The Labute approximate surface area is 122 Å². The van der Waals surface area contributed by atoms with Crippen LogP contribution in [0.3, 0.4) is 0 Å². The summed E-state index contributed by atoms with van der Waals surface area (Å²) in [5.41, 5.74) is 2.06. The normalized spacial score (nSPS) is 12.0. The van der Waals surface area contributed by atoms with Crippen LogP contribution < -0.4 is 14.8 Å². The summed E-state index contributed by atoms with van der Waals surface area (Å²) in [6.07, 6.45) is 0. The van der Waals surface area contributed by atoms with Gasteiger partial charge in [-0.2, -0.15) is 11.3 Å². The third-order valence-corrected chi connectivity index (χ3v) is 3.90. The quantitative estimate of drug-likeness (QED) is 0.875. The van der Waals surface area contributed by atoms with Gasteiger partial charge in [0, 0.05) is 18.2 Å². The second-order valence-corrected chi connectivity index (χ2v) is 5.30. The number of anilines is 1. The van der Waals surface area contributed by atoms with Crippen LogP contribution in [0.5, 0.6) is 11.5 Å². The molecule has 1 atom stereocenters. The third kappa shape index (κ3) is 3.14. The van der Waals surface area contributed by atoms with E-state index in [9.17, 15) is 0 Å². The van der Waals surface area contributed by atoms with Gasteiger partial charge < -0.3 is 14.8 Å². The van der Waals surface area contributed by atoms with Gasteiger partial charge >= 0.3 is 0 Å². The Bertz CT molecular complexity index is 543. The smallest absolute Gasteiger partial charge is 0.162 e. The number of thiophene rings is 1. The Morgan fingerprint density at radius 3 is 2.47 bits per heavy atom. The topological polar surface area (TPSA) is 30.5 Å². The van der Waals surface area contributed by atoms with Crippen LogP contribution in [0.25, 0.3) is 0 Å². The highest BCUT2D eigenvalue weighted by atomic mass is 35.5. The number of hydrogen-bond donors (Lipinski definition) is 1. The van der Waals surface area contributed by atoms with Gasteiger partial charge in [0.15, 0.2) is 11.5 Å². The van der Waals surface area contributed by atoms with Crippen LogP contribution in [0.1, 0.15) is 18.5 Å². The Kier molecular flexibility index (Phi) is 4.56. The van der Waals surface area contributed by atoms with Crippen molar-refractivity contribution < 1.29 is 9.47 Å². The van der Waals surface area contributed by atoms with Crippen molar-refractivity contribution in [1.29, 1.82) is 0 Å². The van der Waals surface area contributed by atoms with E-state index in [0.29, 0.717) is 16.5 Å². The molecule has 0 spiro atoms. The average molecular weight is 298 g/mol. The molecule has 0 bridgehead atoms. The van der Waals surface area contributed by atoms with Crippen molar-refractivity contribution in [3.63, 3.8) is 0 Å². The van der Waals surface area contributed by atoms with Gasteiger partial charge in [-0.05, 0) is 29.3 Å². The fourth-order valence-electron chi connectivity index (χ4n) is 1.80. The van der Waals surface area contributed by atoms with Gasteiger partial charge in [-0.25, -0.2) is 0 Å². The molecule has 5 heteroatoms. The number of hydrogen-bond acceptors (Lipinski definition) is 4. The van der Waals surface area contributed by atoms with Gasteiger partial charge in [0.2, 0.25) is 0 Å². The van der Waals surface area contributed by atoms with E-state index in [0.717, 1.165) is 5.69 Å². The highest BCUT2D eigenvalue weighted by Crippen LogP contribution is 2.37. The Hall–Kier alpha value is -1.39. The maximum Gasteiger partial charge on any atom is 0.162 e. The molecule has 0 fully saturated rings. The SMILES string of the molecule is COc1cc(Cl)c(NC(C)c2ccsc2)cc1OC. The van der Waals surface area contributed by atoms with Crippen LogP contribution in [-0.2, 0) is 0 Å². The van der Waals surface area contributed by atoms with Crippen molar-refractivity contribution in [3.8, 4) is 11.5 Å². The molecule has 0 aliphatic rings. The van der Waals surface area contributed by atoms with Crippen LogP contribution in [0, 0.1) is 0 Å². The lowest BCUT2D eigenvalue weighted by atomic mass is 10.1. The van der Waals surface area contributed by atoms with Crippen molar-refractivity contribution >= 4 is 28.6 Å². The van der Waals surface area contributed by atoms with Gasteiger partial charge in [-0.3, -0.25) is 0 Å². The number of ether oxygens (including phenoxy) is 2. The second-order valence-electron chi connectivity index (χ2n) is 4.11. The fourth-order valence-corrected chi connectivity index (χ4v) is 2.77. The maximum atomic E-state index is 6.25. The lowest BCUT2D eigenvalue weighted by molar-refractivity contribution is 0.355. The molecule has 0 saturated carbocycles. The standard InChI is InChI=1S/C14H16ClNO2S/c1-9(10-4-5-19-8-10)16-12-7-14(18-3)13(17-2)6-11(12)15/h4-9,16H,1-3H3. The first-order valence-electron chi connectivity index (χ1n) is 5.86. The Balaban J connectivity index is 2.25. The van der Waals surface area contributed by atoms with E-state index < -0.39 is 0 Å². The van der Waals surface area contributed by atoms with Gasteiger partial charge in [-0.1, -0.05) is 11.6 Å². The highest BCUT2D eigenvalue weighted by molar-refractivity contribution is 7.08. The fraction of sp³-hybridized carbons (Fsp3) is 0.286.